The Labute approximate surface area is 99.9 Å². The average molecular weight is 267 g/mol. The van der Waals surface area contributed by atoms with Crippen LogP contribution in [0.15, 0.2) is 30.3 Å². The molecule has 1 saturated heterocycles. The molecule has 1 aliphatic heterocycles. The SMILES string of the molecule is CN1C[C@@](F)(C(F)(F)F)[C@@](F)(c2ccccc2)O1. The molecule has 0 bridgehead atoms. The number of alkyl halides is 5. The summed E-state index contributed by atoms with van der Waals surface area (Å²) in [5.74, 6) is -3.57. The number of rotatable bonds is 1. The van der Waals surface area contributed by atoms with E-state index in [2.05, 4.69) is 4.84 Å². The zero-order valence-electron chi connectivity index (χ0n) is 9.34. The average Bonchev–Trinajstić information content (AvgIpc) is 2.52. The molecule has 0 spiro atoms. The van der Waals surface area contributed by atoms with Gasteiger partial charge in [-0.15, -0.1) is 0 Å². The first kappa shape index (κ1) is 13.2. The monoisotopic (exact) mass is 267 g/mol. The maximum absolute atomic E-state index is 14.5. The topological polar surface area (TPSA) is 12.5 Å². The highest BCUT2D eigenvalue weighted by molar-refractivity contribution is 5.26. The highest BCUT2D eigenvalue weighted by Crippen LogP contribution is 2.54. The molecule has 2 rings (SSSR count). The second-order valence-electron chi connectivity index (χ2n) is 4.14. The van der Waals surface area contributed by atoms with Gasteiger partial charge in [-0.2, -0.15) is 18.2 Å². The third kappa shape index (κ3) is 1.69. The predicted molar refractivity (Wildman–Crippen MR) is 52.8 cm³/mol. The van der Waals surface area contributed by atoms with E-state index in [4.69, 9.17) is 0 Å². The van der Waals surface area contributed by atoms with Crippen molar-refractivity contribution < 1.29 is 26.8 Å². The molecule has 1 heterocycles. The van der Waals surface area contributed by atoms with E-state index in [0.717, 1.165) is 19.2 Å². The van der Waals surface area contributed by atoms with Gasteiger partial charge in [-0.3, -0.25) is 0 Å². The van der Waals surface area contributed by atoms with E-state index < -0.39 is 29.8 Å². The fourth-order valence-corrected chi connectivity index (χ4v) is 1.93. The van der Waals surface area contributed by atoms with E-state index in [1.54, 1.807) is 0 Å². The molecule has 1 aliphatic rings. The zero-order chi connectivity index (χ0) is 13.6. The molecule has 1 aromatic rings. The lowest BCUT2D eigenvalue weighted by Gasteiger charge is -2.32. The molecule has 0 N–H and O–H groups in total. The highest BCUT2D eigenvalue weighted by Gasteiger charge is 2.75. The van der Waals surface area contributed by atoms with Gasteiger partial charge in [0.05, 0.1) is 6.54 Å². The van der Waals surface area contributed by atoms with E-state index in [0.29, 0.717) is 5.06 Å². The minimum atomic E-state index is -5.37. The van der Waals surface area contributed by atoms with Gasteiger partial charge in [-0.05, 0) is 0 Å². The number of hydroxylamine groups is 2. The summed E-state index contributed by atoms with van der Waals surface area (Å²) in [5.41, 5.74) is -4.61. The Morgan fingerprint density at radius 1 is 1.17 bits per heavy atom. The van der Waals surface area contributed by atoms with E-state index >= 15 is 0 Å². The van der Waals surface area contributed by atoms with Crippen molar-refractivity contribution in [2.45, 2.75) is 17.7 Å². The van der Waals surface area contributed by atoms with Crippen LogP contribution in [0.1, 0.15) is 5.56 Å². The van der Waals surface area contributed by atoms with Crippen molar-refractivity contribution in [3.63, 3.8) is 0 Å². The molecule has 0 aromatic heterocycles. The summed E-state index contributed by atoms with van der Waals surface area (Å²) in [6.07, 6.45) is -5.37. The minimum Gasteiger partial charge on any atom is -0.250 e. The molecule has 0 aliphatic carbocycles. The second kappa shape index (κ2) is 3.89. The van der Waals surface area contributed by atoms with Crippen molar-refractivity contribution >= 4 is 0 Å². The molecular weight excluding hydrogens is 257 g/mol. The molecule has 1 aromatic carbocycles. The number of hydrogen-bond acceptors (Lipinski definition) is 2. The van der Waals surface area contributed by atoms with Crippen LogP contribution in [0.3, 0.4) is 0 Å². The molecule has 2 atom stereocenters. The third-order valence-electron chi connectivity index (χ3n) is 2.83. The molecule has 7 heteroatoms. The zero-order valence-corrected chi connectivity index (χ0v) is 9.34. The lowest BCUT2D eigenvalue weighted by molar-refractivity contribution is -0.325. The largest absolute Gasteiger partial charge is 0.430 e. The molecule has 0 radical (unpaired) electrons. The third-order valence-corrected chi connectivity index (χ3v) is 2.83. The second-order valence-corrected chi connectivity index (χ2v) is 4.14. The summed E-state index contributed by atoms with van der Waals surface area (Å²) in [6, 6.07) is 6.22. The Morgan fingerprint density at radius 3 is 2.22 bits per heavy atom. The van der Waals surface area contributed by atoms with Gasteiger partial charge in [-0.25, -0.2) is 13.6 Å². The first-order valence-electron chi connectivity index (χ1n) is 5.11. The Kier molecular flexibility index (Phi) is 2.86. The van der Waals surface area contributed by atoms with Gasteiger partial charge in [0.1, 0.15) is 0 Å². The van der Waals surface area contributed by atoms with Crippen LogP contribution < -0.4 is 0 Å². The normalized spacial score (nSPS) is 33.9. The van der Waals surface area contributed by atoms with Crippen LogP contribution >= 0.6 is 0 Å². The quantitative estimate of drug-likeness (QED) is 0.725. The van der Waals surface area contributed by atoms with Crippen molar-refractivity contribution in [3.8, 4) is 0 Å². The predicted octanol–water partition coefficient (Wildman–Crippen LogP) is 2.96. The fourth-order valence-electron chi connectivity index (χ4n) is 1.93. The van der Waals surface area contributed by atoms with Gasteiger partial charge in [0.15, 0.2) is 0 Å². The molecular formula is C11H10F5NO. The van der Waals surface area contributed by atoms with Crippen molar-refractivity contribution in [1.82, 2.24) is 5.06 Å². The molecule has 1 fully saturated rings. The van der Waals surface area contributed by atoms with Crippen LogP contribution in [0.4, 0.5) is 22.0 Å². The standard InChI is InChI=1S/C11H10F5NO/c1-17-7-9(12,11(14,15)16)10(13,18-17)8-5-3-2-4-6-8/h2-6H,7H2,1H3/t9-,10+/m0/s1. The molecule has 100 valence electrons. The lowest BCUT2D eigenvalue weighted by Crippen LogP contribution is -2.54. The number of hydrogen-bond donors (Lipinski definition) is 0. The number of halogens is 5. The van der Waals surface area contributed by atoms with Crippen LogP contribution in [-0.2, 0) is 10.7 Å². The first-order valence-corrected chi connectivity index (χ1v) is 5.11. The van der Waals surface area contributed by atoms with Gasteiger partial charge in [0.25, 0.3) is 11.5 Å². The molecule has 0 unspecified atom stereocenters. The Morgan fingerprint density at radius 2 is 1.72 bits per heavy atom. The summed E-state index contributed by atoms with van der Waals surface area (Å²) < 4.78 is 67.0. The van der Waals surface area contributed by atoms with Crippen molar-refractivity contribution in [2.24, 2.45) is 0 Å². The van der Waals surface area contributed by atoms with Crippen molar-refractivity contribution in [3.05, 3.63) is 35.9 Å². The van der Waals surface area contributed by atoms with Gasteiger partial charge >= 0.3 is 6.18 Å². The van der Waals surface area contributed by atoms with Gasteiger partial charge in [0.2, 0.25) is 0 Å². The van der Waals surface area contributed by atoms with Crippen LogP contribution in [0, 0.1) is 0 Å². The molecule has 18 heavy (non-hydrogen) atoms. The maximum atomic E-state index is 14.5. The Bertz CT molecular complexity index is 437. The van der Waals surface area contributed by atoms with Crippen LogP contribution in [0.2, 0.25) is 0 Å². The van der Waals surface area contributed by atoms with E-state index in [-0.39, 0.29) is 0 Å². The minimum absolute atomic E-state index is 0.505. The number of nitrogens with zero attached hydrogens (tertiary/aromatic N) is 1. The van der Waals surface area contributed by atoms with Gasteiger partial charge in [0, 0.05) is 12.6 Å². The Hall–Kier alpha value is -1.21. The van der Waals surface area contributed by atoms with E-state index in [1.165, 1.54) is 18.2 Å². The van der Waals surface area contributed by atoms with Crippen LogP contribution in [-0.4, -0.2) is 30.5 Å². The first-order chi connectivity index (χ1) is 8.21. The maximum Gasteiger partial charge on any atom is 0.430 e. The summed E-state index contributed by atoms with van der Waals surface area (Å²) in [5, 5.41) is 0.514. The smallest absolute Gasteiger partial charge is 0.250 e. The summed E-state index contributed by atoms with van der Waals surface area (Å²) in [6.45, 7) is -1.22. The van der Waals surface area contributed by atoms with E-state index in [9.17, 15) is 22.0 Å². The summed E-state index contributed by atoms with van der Waals surface area (Å²) >= 11 is 0. The molecule has 0 amide bonds. The number of benzene rings is 1. The summed E-state index contributed by atoms with van der Waals surface area (Å²) in [7, 11) is 1.05. The molecule has 0 saturated carbocycles. The lowest BCUT2D eigenvalue weighted by atomic mass is 9.90. The fraction of sp³-hybridized carbons (Fsp3) is 0.455. The Balaban J connectivity index is 2.54. The van der Waals surface area contributed by atoms with Gasteiger partial charge in [-0.1, -0.05) is 30.3 Å². The van der Waals surface area contributed by atoms with Gasteiger partial charge < -0.3 is 0 Å². The van der Waals surface area contributed by atoms with E-state index in [1.807, 2.05) is 0 Å². The molecule has 2 nitrogen and oxygen atoms in total. The van der Waals surface area contributed by atoms with Crippen molar-refractivity contribution in [1.29, 1.82) is 0 Å². The summed E-state index contributed by atoms with van der Waals surface area (Å²) in [4.78, 5) is 4.45. The highest BCUT2D eigenvalue weighted by atomic mass is 19.4. The van der Waals surface area contributed by atoms with Crippen LogP contribution in [0.25, 0.3) is 0 Å². The van der Waals surface area contributed by atoms with Crippen LogP contribution in [0.5, 0.6) is 0 Å². The van der Waals surface area contributed by atoms with Crippen molar-refractivity contribution in [2.75, 3.05) is 13.6 Å².